The van der Waals surface area contributed by atoms with E-state index in [9.17, 15) is 4.79 Å². The average Bonchev–Trinajstić information content (AvgIpc) is 2.33. The van der Waals surface area contributed by atoms with Crippen molar-refractivity contribution in [3.63, 3.8) is 0 Å². The number of nitrogens with zero attached hydrogens (tertiary/aromatic N) is 3. The van der Waals surface area contributed by atoms with Crippen molar-refractivity contribution in [2.45, 2.75) is 31.9 Å². The number of hydrogen-bond donors (Lipinski definition) is 0. The second kappa shape index (κ2) is 11.1. The van der Waals surface area contributed by atoms with Gasteiger partial charge in [0, 0.05) is 11.5 Å². The van der Waals surface area contributed by atoms with Crippen LogP contribution in [0.1, 0.15) is 26.7 Å². The van der Waals surface area contributed by atoms with Crippen molar-refractivity contribution in [1.29, 1.82) is 0 Å². The van der Waals surface area contributed by atoms with Gasteiger partial charge in [0.05, 0.1) is 13.2 Å². The van der Waals surface area contributed by atoms with Crippen LogP contribution in [0.5, 0.6) is 0 Å². The molecule has 0 N–H and O–H groups in total. The highest BCUT2D eigenvalue weighted by Crippen LogP contribution is 2.15. The fourth-order valence-corrected chi connectivity index (χ4v) is 2.15. The van der Waals surface area contributed by atoms with E-state index in [0.29, 0.717) is 37.0 Å². The number of esters is 1. The van der Waals surface area contributed by atoms with Gasteiger partial charge in [-0.15, -0.1) is 0 Å². The SMILES string of the molecule is CCOC(=S)S[C@@H](C)C(=O)OCCCCN=[N+]=[N-]. The van der Waals surface area contributed by atoms with Crippen LogP contribution < -0.4 is 0 Å². The first-order chi connectivity index (χ1) is 8.61. The van der Waals surface area contributed by atoms with Gasteiger partial charge >= 0.3 is 5.97 Å². The molecule has 0 saturated heterocycles. The Morgan fingerprint density at radius 3 is 2.83 bits per heavy atom. The van der Waals surface area contributed by atoms with Crippen LogP contribution in [0, 0.1) is 0 Å². The van der Waals surface area contributed by atoms with Gasteiger partial charge in [0.1, 0.15) is 5.25 Å². The molecule has 1 atom stereocenters. The predicted octanol–water partition coefficient (Wildman–Crippen LogP) is 3.06. The van der Waals surface area contributed by atoms with Gasteiger partial charge in [0.15, 0.2) is 0 Å². The molecule has 102 valence electrons. The highest BCUT2D eigenvalue weighted by molar-refractivity contribution is 8.23. The molecule has 0 unspecified atom stereocenters. The van der Waals surface area contributed by atoms with E-state index >= 15 is 0 Å². The Balaban J connectivity index is 3.67. The summed E-state index contributed by atoms with van der Waals surface area (Å²) < 4.78 is 10.5. The molecular formula is C10H17N3O3S2. The van der Waals surface area contributed by atoms with Gasteiger partial charge in [-0.2, -0.15) is 0 Å². The lowest BCUT2D eigenvalue weighted by atomic mass is 10.3. The predicted molar refractivity (Wildman–Crippen MR) is 75.5 cm³/mol. The minimum atomic E-state index is -0.374. The van der Waals surface area contributed by atoms with Gasteiger partial charge in [-0.1, -0.05) is 16.9 Å². The maximum atomic E-state index is 11.5. The molecule has 0 aromatic rings. The summed E-state index contributed by atoms with van der Waals surface area (Å²) in [6.07, 6.45) is 1.38. The fourth-order valence-electron chi connectivity index (χ4n) is 0.964. The van der Waals surface area contributed by atoms with Crippen molar-refractivity contribution in [1.82, 2.24) is 0 Å². The smallest absolute Gasteiger partial charge is 0.319 e. The summed E-state index contributed by atoms with van der Waals surface area (Å²) in [4.78, 5) is 14.2. The quantitative estimate of drug-likeness (QED) is 0.171. The van der Waals surface area contributed by atoms with Gasteiger partial charge in [0.2, 0.25) is 4.38 Å². The first kappa shape index (κ1) is 17.0. The molecule has 0 rings (SSSR count). The van der Waals surface area contributed by atoms with Crippen molar-refractivity contribution in [2.24, 2.45) is 5.11 Å². The van der Waals surface area contributed by atoms with Gasteiger partial charge in [0.25, 0.3) is 0 Å². The Morgan fingerprint density at radius 2 is 2.22 bits per heavy atom. The zero-order valence-electron chi connectivity index (χ0n) is 10.5. The molecule has 0 aliphatic rings. The lowest BCUT2D eigenvalue weighted by Gasteiger charge is -2.11. The molecule has 0 radical (unpaired) electrons. The number of ether oxygens (including phenoxy) is 2. The minimum absolute atomic E-state index is 0.314. The number of rotatable bonds is 8. The van der Waals surface area contributed by atoms with E-state index < -0.39 is 0 Å². The summed E-state index contributed by atoms with van der Waals surface area (Å²) in [6, 6.07) is 0. The lowest BCUT2D eigenvalue weighted by Crippen LogP contribution is -2.19. The van der Waals surface area contributed by atoms with E-state index in [1.807, 2.05) is 6.92 Å². The summed E-state index contributed by atoms with van der Waals surface area (Å²) >= 11 is 6.09. The monoisotopic (exact) mass is 291 g/mol. The number of hydrogen-bond acceptors (Lipinski definition) is 6. The number of unbranched alkanes of at least 4 members (excludes halogenated alkanes) is 1. The Bertz CT molecular complexity index is 319. The molecule has 8 heteroatoms. The zero-order chi connectivity index (χ0) is 13.8. The topological polar surface area (TPSA) is 84.3 Å². The van der Waals surface area contributed by atoms with Gasteiger partial charge < -0.3 is 9.47 Å². The zero-order valence-corrected chi connectivity index (χ0v) is 12.1. The normalized spacial score (nSPS) is 11.2. The molecule has 0 fully saturated rings. The number of thioether (sulfide) groups is 1. The van der Waals surface area contributed by atoms with E-state index in [0.717, 1.165) is 0 Å². The Kier molecular flexibility index (Phi) is 10.5. The van der Waals surface area contributed by atoms with Crippen molar-refractivity contribution < 1.29 is 14.3 Å². The molecule has 0 heterocycles. The summed E-state index contributed by atoms with van der Waals surface area (Å²) in [7, 11) is 0. The summed E-state index contributed by atoms with van der Waals surface area (Å²) in [5.41, 5.74) is 8.06. The highest BCUT2D eigenvalue weighted by atomic mass is 32.2. The van der Waals surface area contributed by atoms with Crippen LogP contribution in [0.4, 0.5) is 0 Å². The molecule has 0 aromatic carbocycles. The second-order valence-electron chi connectivity index (χ2n) is 3.27. The third-order valence-electron chi connectivity index (χ3n) is 1.83. The summed E-state index contributed by atoms with van der Waals surface area (Å²) in [5.74, 6) is -0.314. The second-order valence-corrected chi connectivity index (χ2v) is 5.21. The number of azide groups is 1. The van der Waals surface area contributed by atoms with E-state index in [1.54, 1.807) is 6.92 Å². The van der Waals surface area contributed by atoms with Crippen molar-refractivity contribution in [3.8, 4) is 0 Å². The minimum Gasteiger partial charge on any atom is -0.479 e. The standard InChI is InChI=1S/C10H17N3O3S2/c1-3-15-10(17)18-8(2)9(14)16-7-5-4-6-12-13-11/h8H,3-7H2,1-2H3/t8-/m0/s1. The Morgan fingerprint density at radius 1 is 1.50 bits per heavy atom. The van der Waals surface area contributed by atoms with Crippen LogP contribution in [-0.2, 0) is 14.3 Å². The van der Waals surface area contributed by atoms with Crippen molar-refractivity contribution in [3.05, 3.63) is 10.4 Å². The molecule has 0 spiro atoms. The fraction of sp³-hybridized carbons (Fsp3) is 0.800. The lowest BCUT2D eigenvalue weighted by molar-refractivity contribution is -0.142. The van der Waals surface area contributed by atoms with Gasteiger partial charge in [-0.25, -0.2) is 0 Å². The largest absolute Gasteiger partial charge is 0.479 e. The third kappa shape index (κ3) is 9.09. The molecule has 6 nitrogen and oxygen atoms in total. The maximum absolute atomic E-state index is 11.5. The first-order valence-corrected chi connectivity index (χ1v) is 6.91. The van der Waals surface area contributed by atoms with Crippen LogP contribution in [0.25, 0.3) is 10.4 Å². The summed E-state index contributed by atoms with van der Waals surface area (Å²) in [6.45, 7) is 4.80. The number of thiocarbonyl (C=S) groups is 1. The van der Waals surface area contributed by atoms with E-state index in [1.165, 1.54) is 11.8 Å². The average molecular weight is 291 g/mol. The molecule has 0 bridgehead atoms. The van der Waals surface area contributed by atoms with E-state index in [-0.39, 0.29) is 11.2 Å². The van der Waals surface area contributed by atoms with Crippen molar-refractivity contribution >= 4 is 34.3 Å². The Labute approximate surface area is 116 Å². The van der Waals surface area contributed by atoms with E-state index in [2.05, 4.69) is 10.0 Å². The Hall–Kier alpha value is -0.980. The molecular weight excluding hydrogens is 274 g/mol. The van der Waals surface area contributed by atoms with Gasteiger partial charge in [-0.05, 0) is 44.4 Å². The summed E-state index contributed by atoms with van der Waals surface area (Å²) in [5, 5.41) is 3.01. The molecule has 0 aliphatic carbocycles. The molecule has 0 aliphatic heterocycles. The van der Waals surface area contributed by atoms with Crippen LogP contribution in [-0.4, -0.2) is 35.4 Å². The van der Waals surface area contributed by atoms with Crippen LogP contribution >= 0.6 is 24.0 Å². The van der Waals surface area contributed by atoms with Gasteiger partial charge in [-0.3, -0.25) is 4.79 Å². The van der Waals surface area contributed by atoms with Crippen molar-refractivity contribution in [2.75, 3.05) is 19.8 Å². The van der Waals surface area contributed by atoms with Crippen LogP contribution in [0.15, 0.2) is 5.11 Å². The first-order valence-electron chi connectivity index (χ1n) is 5.62. The third-order valence-corrected chi connectivity index (χ3v) is 3.09. The van der Waals surface area contributed by atoms with E-state index in [4.69, 9.17) is 27.2 Å². The maximum Gasteiger partial charge on any atom is 0.319 e. The number of carbonyl (C=O) groups excluding carboxylic acids is 1. The van der Waals surface area contributed by atoms with Crippen LogP contribution in [0.3, 0.4) is 0 Å². The molecule has 18 heavy (non-hydrogen) atoms. The van der Waals surface area contributed by atoms with Crippen LogP contribution in [0.2, 0.25) is 0 Å². The number of carbonyl (C=O) groups is 1. The molecule has 0 aromatic heterocycles. The highest BCUT2D eigenvalue weighted by Gasteiger charge is 2.17. The molecule has 0 amide bonds. The molecule has 0 saturated carbocycles.